The lowest BCUT2D eigenvalue weighted by Gasteiger charge is -2.00. The van der Waals surface area contributed by atoms with Crippen LogP contribution in [0.1, 0.15) is 23.1 Å². The van der Waals surface area contributed by atoms with E-state index < -0.39 is 4.92 Å². The van der Waals surface area contributed by atoms with Crippen molar-refractivity contribution in [3.8, 4) is 17.3 Å². The third-order valence-corrected chi connectivity index (χ3v) is 4.82. The Bertz CT molecular complexity index is 1010. The van der Waals surface area contributed by atoms with Crippen molar-refractivity contribution in [2.75, 3.05) is 0 Å². The highest BCUT2D eigenvalue weighted by atomic mass is 32.1. The third-order valence-electron chi connectivity index (χ3n) is 3.95. The first-order valence-corrected chi connectivity index (χ1v) is 8.90. The zero-order chi connectivity index (χ0) is 18.5. The molecule has 0 aliphatic rings. The van der Waals surface area contributed by atoms with E-state index in [0.717, 1.165) is 17.7 Å². The summed E-state index contributed by atoms with van der Waals surface area (Å²) in [6, 6.07) is 16.6. The second kappa shape index (κ2) is 7.72. The van der Waals surface area contributed by atoms with Crippen molar-refractivity contribution < 1.29 is 4.92 Å². The van der Waals surface area contributed by atoms with Crippen LogP contribution in [0.25, 0.3) is 22.9 Å². The van der Waals surface area contributed by atoms with E-state index in [1.165, 1.54) is 29.0 Å². The Morgan fingerprint density at radius 2 is 2.00 bits per heavy atom. The molecule has 3 rings (SSSR count). The minimum atomic E-state index is -0.455. The van der Waals surface area contributed by atoms with Gasteiger partial charge in [-0.1, -0.05) is 43.3 Å². The van der Waals surface area contributed by atoms with Gasteiger partial charge < -0.3 is 0 Å². The monoisotopic (exact) mass is 361 g/mol. The van der Waals surface area contributed by atoms with Gasteiger partial charge in [0.15, 0.2) is 0 Å². The maximum absolute atomic E-state index is 11.1. The number of nitriles is 1. The van der Waals surface area contributed by atoms with Crippen LogP contribution >= 0.6 is 11.3 Å². The topological polar surface area (TPSA) is 79.8 Å². The fourth-order valence-corrected chi connectivity index (χ4v) is 3.31. The summed E-state index contributed by atoms with van der Waals surface area (Å²) in [5.41, 5.74) is 3.67. The molecular formula is C20H15N3O2S. The zero-order valence-corrected chi connectivity index (χ0v) is 14.9. The Balaban J connectivity index is 1.96. The molecule has 0 bridgehead atoms. The Hall–Kier alpha value is -3.30. The van der Waals surface area contributed by atoms with E-state index in [9.17, 15) is 15.4 Å². The number of aryl methyl sites for hydroxylation is 1. The van der Waals surface area contributed by atoms with E-state index >= 15 is 0 Å². The normalized spacial score (nSPS) is 11.2. The molecule has 1 heterocycles. The number of allylic oxidation sites excluding steroid dienone is 1. The minimum absolute atomic E-state index is 0.0350. The summed E-state index contributed by atoms with van der Waals surface area (Å²) in [6.07, 6.45) is 2.49. The fourth-order valence-electron chi connectivity index (χ4n) is 2.51. The van der Waals surface area contributed by atoms with Crippen molar-refractivity contribution >= 4 is 28.7 Å². The molecule has 0 spiro atoms. The van der Waals surface area contributed by atoms with Gasteiger partial charge >= 0.3 is 0 Å². The molecule has 0 aliphatic carbocycles. The van der Waals surface area contributed by atoms with Gasteiger partial charge in [0.1, 0.15) is 11.1 Å². The maximum Gasteiger partial charge on any atom is 0.276 e. The maximum atomic E-state index is 11.1. The number of nitrogens with zero attached hydrogens (tertiary/aromatic N) is 3. The first kappa shape index (κ1) is 17.5. The smallest absolute Gasteiger partial charge is 0.258 e. The second-order valence-corrected chi connectivity index (χ2v) is 6.43. The number of nitro benzene ring substituents is 1. The van der Waals surface area contributed by atoms with E-state index in [1.54, 1.807) is 18.2 Å². The molecular weight excluding hydrogens is 346 g/mol. The van der Waals surface area contributed by atoms with Crippen LogP contribution in [0.15, 0.2) is 53.9 Å². The molecule has 1 aromatic heterocycles. The number of nitro groups is 1. The first-order chi connectivity index (χ1) is 12.6. The van der Waals surface area contributed by atoms with Crippen LogP contribution in [-0.2, 0) is 6.42 Å². The lowest BCUT2D eigenvalue weighted by atomic mass is 10.1. The van der Waals surface area contributed by atoms with Crippen LogP contribution < -0.4 is 0 Å². The van der Waals surface area contributed by atoms with E-state index in [1.807, 2.05) is 17.5 Å². The molecule has 128 valence electrons. The molecule has 2 aromatic carbocycles. The molecule has 0 N–H and O–H groups in total. The van der Waals surface area contributed by atoms with Gasteiger partial charge in [0.05, 0.1) is 21.8 Å². The summed E-state index contributed by atoms with van der Waals surface area (Å²) < 4.78 is 0. The Labute approximate surface area is 155 Å². The van der Waals surface area contributed by atoms with Crippen LogP contribution in [0.2, 0.25) is 0 Å². The van der Waals surface area contributed by atoms with Gasteiger partial charge in [-0.25, -0.2) is 4.98 Å². The largest absolute Gasteiger partial charge is 0.276 e. The van der Waals surface area contributed by atoms with Crippen LogP contribution in [0, 0.1) is 21.4 Å². The van der Waals surface area contributed by atoms with Gasteiger partial charge in [-0.15, -0.1) is 11.3 Å². The molecule has 6 heteroatoms. The van der Waals surface area contributed by atoms with Crippen LogP contribution in [0.5, 0.6) is 0 Å². The lowest BCUT2D eigenvalue weighted by Crippen LogP contribution is -1.91. The number of rotatable bonds is 5. The lowest BCUT2D eigenvalue weighted by molar-refractivity contribution is -0.385. The van der Waals surface area contributed by atoms with Gasteiger partial charge in [-0.3, -0.25) is 10.1 Å². The Morgan fingerprint density at radius 3 is 2.65 bits per heavy atom. The number of hydrogen-bond acceptors (Lipinski definition) is 5. The number of thiazole rings is 1. The molecule has 0 saturated heterocycles. The highest BCUT2D eigenvalue weighted by molar-refractivity contribution is 7.11. The molecule has 0 saturated carbocycles. The van der Waals surface area contributed by atoms with Gasteiger partial charge in [0.2, 0.25) is 0 Å². The summed E-state index contributed by atoms with van der Waals surface area (Å²) in [5.74, 6) is 0. The SMILES string of the molecule is CCc1ccc(-c2csc(C(C#N)=Cc3ccccc3[N+](=O)[O-])n2)cc1. The van der Waals surface area contributed by atoms with Crippen molar-refractivity contribution in [1.82, 2.24) is 4.98 Å². The Kier molecular flexibility index (Phi) is 5.20. The van der Waals surface area contributed by atoms with Crippen molar-refractivity contribution in [2.24, 2.45) is 0 Å². The fraction of sp³-hybridized carbons (Fsp3) is 0.100. The quantitative estimate of drug-likeness (QED) is 0.349. The number of hydrogen-bond donors (Lipinski definition) is 0. The van der Waals surface area contributed by atoms with Crippen LogP contribution in [-0.4, -0.2) is 9.91 Å². The highest BCUT2D eigenvalue weighted by Gasteiger charge is 2.14. The van der Waals surface area contributed by atoms with Gasteiger partial charge in [-0.2, -0.15) is 5.26 Å². The average molecular weight is 361 g/mol. The molecule has 0 radical (unpaired) electrons. The number of benzene rings is 2. The third kappa shape index (κ3) is 3.68. The molecule has 3 aromatic rings. The van der Waals surface area contributed by atoms with Crippen molar-refractivity contribution in [3.05, 3.63) is 80.2 Å². The summed E-state index contributed by atoms with van der Waals surface area (Å²) in [6.45, 7) is 2.10. The Morgan fingerprint density at radius 1 is 1.27 bits per heavy atom. The number of para-hydroxylation sites is 1. The van der Waals surface area contributed by atoms with Crippen molar-refractivity contribution in [2.45, 2.75) is 13.3 Å². The van der Waals surface area contributed by atoms with Gasteiger partial charge in [0.25, 0.3) is 5.69 Å². The summed E-state index contributed by atoms with van der Waals surface area (Å²) in [7, 11) is 0. The summed E-state index contributed by atoms with van der Waals surface area (Å²) in [5, 5.41) is 23.1. The highest BCUT2D eigenvalue weighted by Crippen LogP contribution is 2.29. The van der Waals surface area contributed by atoms with E-state index in [2.05, 4.69) is 30.1 Å². The summed E-state index contributed by atoms with van der Waals surface area (Å²) >= 11 is 1.35. The zero-order valence-electron chi connectivity index (χ0n) is 14.0. The van der Waals surface area contributed by atoms with E-state index in [-0.39, 0.29) is 5.69 Å². The van der Waals surface area contributed by atoms with Crippen molar-refractivity contribution in [1.29, 1.82) is 5.26 Å². The van der Waals surface area contributed by atoms with Gasteiger partial charge in [0, 0.05) is 17.0 Å². The predicted octanol–water partition coefficient (Wildman–Crippen LogP) is 5.34. The summed E-state index contributed by atoms with van der Waals surface area (Å²) in [4.78, 5) is 15.2. The predicted molar refractivity (Wildman–Crippen MR) is 104 cm³/mol. The van der Waals surface area contributed by atoms with E-state index in [0.29, 0.717) is 16.1 Å². The molecule has 0 unspecified atom stereocenters. The molecule has 0 fully saturated rings. The van der Waals surface area contributed by atoms with Crippen molar-refractivity contribution in [3.63, 3.8) is 0 Å². The molecule has 0 atom stereocenters. The van der Waals surface area contributed by atoms with Crippen LogP contribution in [0.3, 0.4) is 0 Å². The molecule has 0 aliphatic heterocycles. The molecule has 26 heavy (non-hydrogen) atoms. The first-order valence-electron chi connectivity index (χ1n) is 8.02. The molecule has 5 nitrogen and oxygen atoms in total. The molecule has 0 amide bonds. The van der Waals surface area contributed by atoms with Crippen LogP contribution in [0.4, 0.5) is 5.69 Å². The number of aromatic nitrogens is 1. The second-order valence-electron chi connectivity index (χ2n) is 5.57. The minimum Gasteiger partial charge on any atom is -0.258 e. The standard InChI is InChI=1S/C20H15N3O2S/c1-2-14-7-9-15(10-8-14)18-13-26-20(22-18)17(12-21)11-16-5-3-4-6-19(16)23(24)25/h3-11,13H,2H2,1H3. The van der Waals surface area contributed by atoms with Gasteiger partial charge in [-0.05, 0) is 24.1 Å². The average Bonchev–Trinajstić information content (AvgIpc) is 3.16. The van der Waals surface area contributed by atoms with E-state index in [4.69, 9.17) is 0 Å².